The summed E-state index contributed by atoms with van der Waals surface area (Å²) in [6, 6.07) is 13.2. The Morgan fingerprint density at radius 1 is 0.667 bits per heavy atom. The molecule has 0 amide bonds. The molecule has 0 heteroatoms. The van der Waals surface area contributed by atoms with Crippen LogP contribution in [0.3, 0.4) is 0 Å². The molecule has 18 heavy (non-hydrogen) atoms. The minimum absolute atomic E-state index is 1.27. The SMILES string of the molecule is Cc1cc(C)cc(C=Cc2ccc(C)cc2C)c1. The predicted molar refractivity (Wildman–Crippen MR) is 80.8 cm³/mol. The van der Waals surface area contributed by atoms with Crippen LogP contribution < -0.4 is 0 Å². The first-order valence-corrected chi connectivity index (χ1v) is 6.38. The van der Waals surface area contributed by atoms with E-state index in [2.05, 4.69) is 76.2 Å². The molecule has 0 nitrogen and oxygen atoms in total. The number of hydrogen-bond acceptors (Lipinski definition) is 0. The van der Waals surface area contributed by atoms with E-state index >= 15 is 0 Å². The van der Waals surface area contributed by atoms with Gasteiger partial charge in [-0.05, 0) is 44.4 Å². The van der Waals surface area contributed by atoms with Crippen LogP contribution in [-0.4, -0.2) is 0 Å². The molecule has 0 aliphatic rings. The van der Waals surface area contributed by atoms with Crippen molar-refractivity contribution in [2.75, 3.05) is 0 Å². The smallest absolute Gasteiger partial charge is 0.0227 e. The van der Waals surface area contributed by atoms with Crippen LogP contribution in [0.15, 0.2) is 36.4 Å². The standard InChI is InChI=1S/C18H20/c1-13-5-7-18(16(4)10-13)8-6-17-11-14(2)9-15(3)12-17/h5-12H,1-4H3. The molecule has 0 spiro atoms. The normalized spacial score (nSPS) is 11.1. The van der Waals surface area contributed by atoms with Gasteiger partial charge in [0, 0.05) is 0 Å². The lowest BCUT2D eigenvalue weighted by Gasteiger charge is -2.03. The number of benzene rings is 2. The zero-order chi connectivity index (χ0) is 13.1. The molecule has 0 unspecified atom stereocenters. The molecule has 0 radical (unpaired) electrons. The molecule has 2 aromatic rings. The fourth-order valence-electron chi connectivity index (χ4n) is 2.30. The summed E-state index contributed by atoms with van der Waals surface area (Å²) >= 11 is 0. The molecule has 92 valence electrons. The molecule has 0 saturated carbocycles. The molecular weight excluding hydrogens is 216 g/mol. The molecule has 0 aliphatic heterocycles. The molecule has 2 rings (SSSR count). The van der Waals surface area contributed by atoms with Gasteiger partial charge in [0.05, 0.1) is 0 Å². The summed E-state index contributed by atoms with van der Waals surface area (Å²) in [4.78, 5) is 0. The van der Waals surface area contributed by atoms with Crippen molar-refractivity contribution in [3.05, 3.63) is 69.8 Å². The molecular formula is C18H20. The number of aryl methyl sites for hydroxylation is 4. The molecule has 0 saturated heterocycles. The van der Waals surface area contributed by atoms with E-state index < -0.39 is 0 Å². The molecule has 0 aromatic heterocycles. The topological polar surface area (TPSA) is 0 Å². The van der Waals surface area contributed by atoms with Crippen molar-refractivity contribution in [2.45, 2.75) is 27.7 Å². The molecule has 0 atom stereocenters. The minimum atomic E-state index is 1.27. The summed E-state index contributed by atoms with van der Waals surface area (Å²) in [6.07, 6.45) is 4.39. The average molecular weight is 236 g/mol. The number of hydrogen-bond donors (Lipinski definition) is 0. The molecule has 0 aliphatic carbocycles. The second-order valence-electron chi connectivity index (χ2n) is 5.11. The van der Waals surface area contributed by atoms with Gasteiger partial charge >= 0.3 is 0 Å². The van der Waals surface area contributed by atoms with Crippen molar-refractivity contribution in [1.29, 1.82) is 0 Å². The second kappa shape index (κ2) is 5.22. The molecule has 2 aromatic carbocycles. The van der Waals surface area contributed by atoms with Gasteiger partial charge in [0.15, 0.2) is 0 Å². The van der Waals surface area contributed by atoms with Crippen LogP contribution in [0.2, 0.25) is 0 Å². The fraction of sp³-hybridized carbons (Fsp3) is 0.222. The van der Waals surface area contributed by atoms with Crippen molar-refractivity contribution < 1.29 is 0 Å². The average Bonchev–Trinajstić information content (AvgIpc) is 2.26. The highest BCUT2D eigenvalue weighted by atomic mass is 14.0. The van der Waals surface area contributed by atoms with Crippen molar-refractivity contribution in [3.8, 4) is 0 Å². The van der Waals surface area contributed by atoms with E-state index in [-0.39, 0.29) is 0 Å². The molecule has 0 bridgehead atoms. The summed E-state index contributed by atoms with van der Waals surface area (Å²) in [6.45, 7) is 8.57. The number of rotatable bonds is 2. The molecule has 0 heterocycles. The van der Waals surface area contributed by atoms with Gasteiger partial charge in [-0.1, -0.05) is 65.2 Å². The maximum Gasteiger partial charge on any atom is -0.0227 e. The maximum atomic E-state index is 2.22. The monoisotopic (exact) mass is 236 g/mol. The van der Waals surface area contributed by atoms with Crippen molar-refractivity contribution >= 4 is 12.2 Å². The first-order valence-electron chi connectivity index (χ1n) is 6.38. The molecule has 0 fully saturated rings. The van der Waals surface area contributed by atoms with Crippen LogP contribution in [0.4, 0.5) is 0 Å². The van der Waals surface area contributed by atoms with Crippen LogP contribution in [0.5, 0.6) is 0 Å². The highest BCUT2D eigenvalue weighted by Gasteiger charge is 1.95. The highest BCUT2D eigenvalue weighted by Crippen LogP contribution is 2.16. The first kappa shape index (κ1) is 12.6. The quantitative estimate of drug-likeness (QED) is 0.637. The predicted octanol–water partition coefficient (Wildman–Crippen LogP) is 5.09. The first-order chi connectivity index (χ1) is 8.54. The van der Waals surface area contributed by atoms with Crippen LogP contribution >= 0.6 is 0 Å². The van der Waals surface area contributed by atoms with E-state index in [1.165, 1.54) is 33.4 Å². The van der Waals surface area contributed by atoms with Gasteiger partial charge < -0.3 is 0 Å². The minimum Gasteiger partial charge on any atom is -0.0587 e. The van der Waals surface area contributed by atoms with Crippen molar-refractivity contribution in [3.63, 3.8) is 0 Å². The lowest BCUT2D eigenvalue weighted by molar-refractivity contribution is 1.36. The maximum absolute atomic E-state index is 2.22. The largest absolute Gasteiger partial charge is 0.0587 e. The van der Waals surface area contributed by atoms with E-state index in [1.807, 2.05) is 0 Å². The van der Waals surface area contributed by atoms with Gasteiger partial charge in [0.25, 0.3) is 0 Å². The Labute approximate surface area is 110 Å². The fourth-order valence-corrected chi connectivity index (χ4v) is 2.30. The Bertz CT molecular complexity index is 569. The zero-order valence-corrected chi connectivity index (χ0v) is 11.6. The Morgan fingerprint density at radius 2 is 1.33 bits per heavy atom. The summed E-state index contributed by atoms with van der Waals surface area (Å²) in [5.41, 5.74) is 7.84. The van der Waals surface area contributed by atoms with Gasteiger partial charge in [-0.3, -0.25) is 0 Å². The Morgan fingerprint density at radius 3 is 1.94 bits per heavy atom. The van der Waals surface area contributed by atoms with E-state index in [0.29, 0.717) is 0 Å². The van der Waals surface area contributed by atoms with Crippen LogP contribution in [-0.2, 0) is 0 Å². The van der Waals surface area contributed by atoms with Gasteiger partial charge in [0.1, 0.15) is 0 Å². The van der Waals surface area contributed by atoms with Gasteiger partial charge in [-0.2, -0.15) is 0 Å². The lowest BCUT2D eigenvalue weighted by Crippen LogP contribution is -1.83. The third kappa shape index (κ3) is 3.10. The van der Waals surface area contributed by atoms with E-state index in [1.54, 1.807) is 0 Å². The van der Waals surface area contributed by atoms with Gasteiger partial charge in [0.2, 0.25) is 0 Å². The van der Waals surface area contributed by atoms with E-state index in [9.17, 15) is 0 Å². The summed E-state index contributed by atoms with van der Waals surface area (Å²) in [5, 5.41) is 0. The third-order valence-electron chi connectivity index (χ3n) is 3.12. The Kier molecular flexibility index (Phi) is 3.66. The van der Waals surface area contributed by atoms with Crippen LogP contribution in [0.25, 0.3) is 12.2 Å². The second-order valence-corrected chi connectivity index (χ2v) is 5.11. The van der Waals surface area contributed by atoms with Crippen molar-refractivity contribution in [2.24, 2.45) is 0 Å². The van der Waals surface area contributed by atoms with Crippen LogP contribution in [0, 0.1) is 27.7 Å². The summed E-state index contributed by atoms with van der Waals surface area (Å²) < 4.78 is 0. The molecule has 0 N–H and O–H groups in total. The van der Waals surface area contributed by atoms with Crippen molar-refractivity contribution in [1.82, 2.24) is 0 Å². The third-order valence-corrected chi connectivity index (χ3v) is 3.12. The lowest BCUT2D eigenvalue weighted by atomic mass is 10.0. The highest BCUT2D eigenvalue weighted by molar-refractivity contribution is 5.71. The van der Waals surface area contributed by atoms with Gasteiger partial charge in [-0.25, -0.2) is 0 Å². The van der Waals surface area contributed by atoms with E-state index in [0.717, 1.165) is 0 Å². The van der Waals surface area contributed by atoms with Crippen LogP contribution in [0.1, 0.15) is 33.4 Å². The zero-order valence-electron chi connectivity index (χ0n) is 11.6. The Balaban J connectivity index is 2.29. The Hall–Kier alpha value is -1.82. The summed E-state index contributed by atoms with van der Waals surface area (Å²) in [7, 11) is 0. The van der Waals surface area contributed by atoms with E-state index in [4.69, 9.17) is 0 Å². The summed E-state index contributed by atoms with van der Waals surface area (Å²) in [5.74, 6) is 0. The van der Waals surface area contributed by atoms with Gasteiger partial charge in [-0.15, -0.1) is 0 Å².